The summed E-state index contributed by atoms with van der Waals surface area (Å²) in [5.41, 5.74) is 5.09. The van der Waals surface area contributed by atoms with Gasteiger partial charge in [-0.3, -0.25) is 28.5 Å². The normalized spacial score (nSPS) is 23.0. The lowest BCUT2D eigenvalue weighted by Gasteiger charge is -2.35. The number of carbonyl (C=O) groups is 8. The molecule has 448 valence electrons. The Kier molecular flexibility index (Phi) is 23.6. The highest BCUT2D eigenvalue weighted by Crippen LogP contribution is 2.25. The van der Waals surface area contributed by atoms with Crippen molar-refractivity contribution in [2.45, 2.75) is 183 Å². The number of hydrogen-bond acceptors (Lipinski definition) is 14. The zero-order chi connectivity index (χ0) is 60.9. The van der Waals surface area contributed by atoms with E-state index in [1.807, 2.05) is 130 Å². The first-order valence-electron chi connectivity index (χ1n) is 28.6. The van der Waals surface area contributed by atoms with E-state index in [0.29, 0.717) is 24.2 Å². The maximum absolute atomic E-state index is 15.0. The van der Waals surface area contributed by atoms with Gasteiger partial charge in [0.1, 0.15) is 24.2 Å². The molecule has 1 saturated heterocycles. The fraction of sp³-hybridized carbons (Fsp3) is 0.581. The van der Waals surface area contributed by atoms with Crippen molar-refractivity contribution in [3.05, 3.63) is 107 Å². The van der Waals surface area contributed by atoms with Crippen molar-refractivity contribution in [3.8, 4) is 0 Å². The summed E-state index contributed by atoms with van der Waals surface area (Å²) in [6.07, 6.45) is 1.40. The summed E-state index contributed by atoms with van der Waals surface area (Å²) in [5.74, 6) is -7.41. The van der Waals surface area contributed by atoms with Crippen LogP contribution in [-0.4, -0.2) is 163 Å². The van der Waals surface area contributed by atoms with E-state index in [4.69, 9.17) is 18.9 Å². The third kappa shape index (κ3) is 18.3. The summed E-state index contributed by atoms with van der Waals surface area (Å²) in [6.45, 7) is 22.4. The van der Waals surface area contributed by atoms with Crippen LogP contribution in [0.25, 0.3) is 0 Å². The molecule has 0 saturated carbocycles. The number of likely N-dealkylation sites (N-methyl/N-ethyl adjacent to an activating group) is 4. The molecular formula is C62H88N8O12. The largest absolute Gasteiger partial charge is 0.451 e. The summed E-state index contributed by atoms with van der Waals surface area (Å²) < 4.78 is 27.8. The first-order valence-corrected chi connectivity index (χ1v) is 28.6. The van der Waals surface area contributed by atoms with Gasteiger partial charge in [0.2, 0.25) is 0 Å². The van der Waals surface area contributed by atoms with Gasteiger partial charge in [-0.25, -0.2) is 19.2 Å². The van der Waals surface area contributed by atoms with E-state index in [2.05, 4.69) is 10.2 Å². The van der Waals surface area contributed by atoms with Crippen molar-refractivity contribution in [3.63, 3.8) is 0 Å². The quantitative estimate of drug-likeness (QED) is 0.0835. The SMILES string of the molecule is Cc1cnn(Cc2ccc(C[C@H]3OC(=O)[C@H](CC(C)C)N(C)C(=O)[C@@H](C)OC(=O)[C@H](CC(C)C)N(C)C(=O)[C@@H](Cc4ccc(Cn5cc(C)cn5)cc4)OC(=O)[C@H](CC(C)C)N(C)C(=O)[C@@H](C)OC(=O)[C@H](CC(C)C)N(C)C3=O)cc2)c1. The van der Waals surface area contributed by atoms with E-state index >= 15 is 9.59 Å². The van der Waals surface area contributed by atoms with Gasteiger partial charge >= 0.3 is 23.9 Å². The van der Waals surface area contributed by atoms with Crippen LogP contribution in [0.5, 0.6) is 0 Å². The molecular weight excluding hydrogens is 1050 g/mol. The van der Waals surface area contributed by atoms with Crippen molar-refractivity contribution in [2.24, 2.45) is 23.7 Å². The van der Waals surface area contributed by atoms with Crippen LogP contribution in [0.1, 0.15) is 128 Å². The Hall–Kier alpha value is -7.38. The number of aromatic nitrogens is 4. The lowest BCUT2D eigenvalue weighted by molar-refractivity contribution is -0.176. The number of benzene rings is 2. The number of nitrogens with zero attached hydrogens (tertiary/aromatic N) is 8. The van der Waals surface area contributed by atoms with E-state index in [1.54, 1.807) is 21.8 Å². The lowest BCUT2D eigenvalue weighted by Crippen LogP contribution is -2.55. The maximum Gasteiger partial charge on any atom is 0.329 e. The fourth-order valence-electron chi connectivity index (χ4n) is 9.95. The molecule has 0 unspecified atom stereocenters. The summed E-state index contributed by atoms with van der Waals surface area (Å²) in [7, 11) is 5.58. The minimum atomic E-state index is -1.53. The Labute approximate surface area is 484 Å². The minimum absolute atomic E-state index is 0.0842. The molecule has 4 amide bonds. The third-order valence-electron chi connectivity index (χ3n) is 14.6. The summed E-state index contributed by atoms with van der Waals surface area (Å²) in [4.78, 5) is 122. The monoisotopic (exact) mass is 1140 g/mol. The zero-order valence-electron chi connectivity index (χ0n) is 51.0. The highest BCUT2D eigenvalue weighted by atomic mass is 16.6. The van der Waals surface area contributed by atoms with Crippen LogP contribution < -0.4 is 0 Å². The van der Waals surface area contributed by atoms with E-state index in [9.17, 15) is 28.8 Å². The molecule has 1 aliphatic rings. The molecule has 3 heterocycles. The molecule has 4 aromatic rings. The first-order chi connectivity index (χ1) is 38.5. The Balaban J connectivity index is 1.59. The Morgan fingerprint density at radius 2 is 0.659 bits per heavy atom. The second-order valence-electron chi connectivity index (χ2n) is 23.9. The van der Waals surface area contributed by atoms with Crippen LogP contribution in [-0.2, 0) is 83.2 Å². The van der Waals surface area contributed by atoms with Gasteiger partial charge in [-0.15, -0.1) is 0 Å². The molecule has 1 fully saturated rings. The van der Waals surface area contributed by atoms with Crippen molar-refractivity contribution < 1.29 is 57.3 Å². The Bertz CT molecular complexity index is 2620. The second-order valence-corrected chi connectivity index (χ2v) is 23.9. The molecule has 2 aromatic carbocycles. The Morgan fingerprint density at radius 3 is 0.915 bits per heavy atom. The third-order valence-corrected chi connectivity index (χ3v) is 14.6. The van der Waals surface area contributed by atoms with E-state index in [1.165, 1.54) is 42.0 Å². The molecule has 2 aromatic heterocycles. The summed E-state index contributed by atoms with van der Waals surface area (Å²) >= 11 is 0. The Morgan fingerprint density at radius 1 is 0.402 bits per heavy atom. The fourth-order valence-corrected chi connectivity index (χ4v) is 9.95. The number of amides is 4. The highest BCUT2D eigenvalue weighted by molar-refractivity contribution is 5.94. The summed E-state index contributed by atoms with van der Waals surface area (Å²) in [5, 5.41) is 8.76. The zero-order valence-corrected chi connectivity index (χ0v) is 51.0. The number of cyclic esters (lactones) is 4. The molecule has 0 N–H and O–H groups in total. The molecule has 5 rings (SSSR count). The van der Waals surface area contributed by atoms with E-state index in [0.717, 1.165) is 41.9 Å². The van der Waals surface area contributed by atoms with Crippen LogP contribution in [0.4, 0.5) is 0 Å². The van der Waals surface area contributed by atoms with Crippen molar-refractivity contribution in [2.75, 3.05) is 28.2 Å². The minimum Gasteiger partial charge on any atom is -0.451 e. The number of esters is 4. The van der Waals surface area contributed by atoms with Crippen LogP contribution in [0.3, 0.4) is 0 Å². The van der Waals surface area contributed by atoms with Gasteiger partial charge in [0, 0.05) is 53.4 Å². The maximum atomic E-state index is 15.0. The molecule has 20 nitrogen and oxygen atoms in total. The highest BCUT2D eigenvalue weighted by Gasteiger charge is 2.43. The standard InChI is InChI=1S/C62H88N8O12/c1-37(2)25-49-59(75)79-43(11)55(71)65(13)52(28-40(7)8)62(78)82-54(30-46-19-23-48(24-20-46)36-70-34-42(10)32-64-70)58(74)68(16)50(26-38(3)4)60(76)80-44(12)56(72)66(14)51(27-39(5)6)61(77)81-53(57(73)67(49)15)29-45-17-21-47(22-18-45)35-69-33-41(9)31-63-69/h17-24,31-34,37-40,43-44,49-54H,25-30,35-36H2,1-16H3/t43-,44-,49+,50+,51+,52+,53-,54-/m1/s1. The van der Waals surface area contributed by atoms with Crippen molar-refractivity contribution in [1.29, 1.82) is 0 Å². The van der Waals surface area contributed by atoms with E-state index < -0.39 is 96.1 Å². The van der Waals surface area contributed by atoms with E-state index in [-0.39, 0.29) is 62.2 Å². The predicted octanol–water partition coefficient (Wildman–Crippen LogP) is 6.77. The van der Waals surface area contributed by atoms with Gasteiger partial charge in [-0.1, -0.05) is 104 Å². The van der Waals surface area contributed by atoms with Gasteiger partial charge in [-0.2, -0.15) is 10.2 Å². The van der Waals surface area contributed by atoms with Crippen LogP contribution >= 0.6 is 0 Å². The van der Waals surface area contributed by atoms with Crippen molar-refractivity contribution >= 4 is 47.5 Å². The molecule has 0 spiro atoms. The number of carbonyl (C=O) groups excluding carboxylic acids is 8. The first kappa shape index (κ1) is 65.4. The molecule has 20 heteroatoms. The second kappa shape index (κ2) is 29.6. The molecule has 1 aliphatic heterocycles. The number of aryl methyl sites for hydroxylation is 2. The van der Waals surface area contributed by atoms with Crippen LogP contribution in [0.2, 0.25) is 0 Å². The molecule has 8 atom stereocenters. The molecule has 0 bridgehead atoms. The number of ether oxygens (including phenoxy) is 4. The number of rotatable bonds is 16. The molecule has 0 aliphatic carbocycles. The molecule has 0 radical (unpaired) electrons. The van der Waals surface area contributed by atoms with Crippen LogP contribution in [0, 0.1) is 37.5 Å². The lowest BCUT2D eigenvalue weighted by atomic mass is 9.99. The molecule has 82 heavy (non-hydrogen) atoms. The van der Waals surface area contributed by atoms with Gasteiger partial charge in [0.05, 0.1) is 25.5 Å². The topological polar surface area (TPSA) is 222 Å². The van der Waals surface area contributed by atoms with Gasteiger partial charge < -0.3 is 38.5 Å². The van der Waals surface area contributed by atoms with Gasteiger partial charge in [0.25, 0.3) is 23.6 Å². The average Bonchev–Trinajstić information content (AvgIpc) is 4.13. The smallest absolute Gasteiger partial charge is 0.329 e. The predicted molar refractivity (Wildman–Crippen MR) is 307 cm³/mol. The summed E-state index contributed by atoms with van der Waals surface area (Å²) in [6, 6.07) is 9.61. The van der Waals surface area contributed by atoms with Gasteiger partial charge in [0.15, 0.2) is 24.4 Å². The van der Waals surface area contributed by atoms with Crippen LogP contribution in [0.15, 0.2) is 73.3 Å². The average molecular weight is 1140 g/mol. The van der Waals surface area contributed by atoms with Gasteiger partial charge in [-0.05, 0) is 110 Å². The number of hydrogen-bond donors (Lipinski definition) is 0. The van der Waals surface area contributed by atoms with Crippen molar-refractivity contribution in [1.82, 2.24) is 39.2 Å².